The van der Waals surface area contributed by atoms with Gasteiger partial charge in [-0.15, -0.1) is 0 Å². The van der Waals surface area contributed by atoms with Crippen molar-refractivity contribution in [2.45, 2.75) is 0 Å². The number of aliphatic carboxylic acids is 1. The lowest BCUT2D eigenvalue weighted by molar-refractivity contribution is -0.195. The largest absolute Gasteiger partial charge is 0.476 e. The number of hydrogen-bond acceptors (Lipinski definition) is 4. The van der Waals surface area contributed by atoms with E-state index in [1.165, 1.54) is 0 Å². The standard InChI is InChI=1S/C4H5NO4/c1-2(9-8)3(5)4(6)7/h5,8H,1H2,(H,6,7). The lowest BCUT2D eigenvalue weighted by Crippen LogP contribution is -2.14. The third-order valence-corrected chi connectivity index (χ3v) is 0.603. The molecule has 0 unspecified atom stereocenters. The fourth-order valence-electron chi connectivity index (χ4n) is 0.165. The van der Waals surface area contributed by atoms with Crippen molar-refractivity contribution in [3.8, 4) is 0 Å². The first-order valence-electron chi connectivity index (χ1n) is 1.92. The van der Waals surface area contributed by atoms with E-state index in [0.29, 0.717) is 0 Å². The average molecular weight is 131 g/mol. The van der Waals surface area contributed by atoms with Crippen LogP contribution in [0.25, 0.3) is 0 Å². The molecule has 0 aromatic carbocycles. The van der Waals surface area contributed by atoms with E-state index in [1.54, 1.807) is 0 Å². The minimum Gasteiger partial charge on any atom is -0.476 e. The van der Waals surface area contributed by atoms with E-state index >= 15 is 0 Å². The summed E-state index contributed by atoms with van der Waals surface area (Å²) >= 11 is 0. The van der Waals surface area contributed by atoms with Crippen LogP contribution in [0, 0.1) is 5.41 Å². The van der Waals surface area contributed by atoms with E-state index in [4.69, 9.17) is 15.8 Å². The van der Waals surface area contributed by atoms with Crippen molar-refractivity contribution in [2.75, 3.05) is 0 Å². The minimum atomic E-state index is -1.49. The number of carboxylic acids is 1. The zero-order valence-electron chi connectivity index (χ0n) is 4.42. The molecule has 0 saturated heterocycles. The molecule has 3 N–H and O–H groups in total. The summed E-state index contributed by atoms with van der Waals surface area (Å²) in [5, 5.41) is 22.3. The molecule has 50 valence electrons. The predicted octanol–water partition coefficient (Wildman–Crippen LogP) is 0.0941. The molecule has 0 saturated carbocycles. The maximum Gasteiger partial charge on any atom is 0.357 e. The molecule has 0 spiro atoms. The monoisotopic (exact) mass is 131 g/mol. The lowest BCUT2D eigenvalue weighted by Gasteiger charge is -1.95. The number of carboxylic acid groups (broad SMARTS) is 1. The Labute approximate surface area is 50.6 Å². The fraction of sp³-hybridized carbons (Fsp3) is 0. The number of carbonyl (C=O) groups is 1. The van der Waals surface area contributed by atoms with Crippen molar-refractivity contribution in [1.82, 2.24) is 0 Å². The van der Waals surface area contributed by atoms with Crippen LogP contribution in [0.5, 0.6) is 0 Å². The third kappa shape index (κ3) is 1.92. The first-order valence-corrected chi connectivity index (χ1v) is 1.92. The van der Waals surface area contributed by atoms with Crippen LogP contribution in [-0.2, 0) is 9.68 Å². The zero-order chi connectivity index (χ0) is 7.44. The van der Waals surface area contributed by atoms with Crippen molar-refractivity contribution in [3.63, 3.8) is 0 Å². The van der Waals surface area contributed by atoms with E-state index in [0.717, 1.165) is 0 Å². The maximum atomic E-state index is 9.82. The molecule has 5 nitrogen and oxygen atoms in total. The van der Waals surface area contributed by atoms with Gasteiger partial charge in [-0.25, -0.2) is 10.1 Å². The molecule has 5 heteroatoms. The Kier molecular flexibility index (Phi) is 2.40. The second kappa shape index (κ2) is 2.83. The van der Waals surface area contributed by atoms with Gasteiger partial charge in [0.15, 0.2) is 11.5 Å². The lowest BCUT2D eigenvalue weighted by atomic mass is 10.3. The molecule has 0 aliphatic heterocycles. The van der Waals surface area contributed by atoms with Gasteiger partial charge in [-0.1, -0.05) is 0 Å². The highest BCUT2D eigenvalue weighted by atomic mass is 17.1. The molecule has 0 aromatic heterocycles. The Bertz CT molecular complexity index is 162. The van der Waals surface area contributed by atoms with Gasteiger partial charge in [-0.3, -0.25) is 5.41 Å². The van der Waals surface area contributed by atoms with Crippen LogP contribution < -0.4 is 0 Å². The first kappa shape index (κ1) is 7.64. The van der Waals surface area contributed by atoms with Gasteiger partial charge in [0.05, 0.1) is 0 Å². The van der Waals surface area contributed by atoms with Crippen molar-refractivity contribution < 1.29 is 20.0 Å². The molecule has 0 rings (SSSR count). The van der Waals surface area contributed by atoms with Crippen molar-refractivity contribution in [1.29, 1.82) is 5.41 Å². The Morgan fingerprint density at radius 3 is 2.22 bits per heavy atom. The SMILES string of the molecule is C=C(OO)C(=N)C(=O)O. The second-order valence-electron chi connectivity index (χ2n) is 1.19. The van der Waals surface area contributed by atoms with E-state index in [-0.39, 0.29) is 0 Å². The van der Waals surface area contributed by atoms with Gasteiger partial charge in [-0.2, -0.15) is 0 Å². The molecule has 0 heterocycles. The Hall–Kier alpha value is -1.36. The number of rotatable bonds is 3. The van der Waals surface area contributed by atoms with Crippen LogP contribution in [0.15, 0.2) is 12.3 Å². The first-order chi connectivity index (χ1) is 4.09. The highest BCUT2D eigenvalue weighted by Crippen LogP contribution is 1.91. The summed E-state index contributed by atoms with van der Waals surface area (Å²) in [5.41, 5.74) is -0.863. The maximum absolute atomic E-state index is 9.82. The molecule has 9 heavy (non-hydrogen) atoms. The summed E-state index contributed by atoms with van der Waals surface area (Å²) in [6, 6.07) is 0. The van der Waals surface area contributed by atoms with Crippen LogP contribution in [-0.4, -0.2) is 22.0 Å². The molecule has 0 aliphatic rings. The Balaban J connectivity index is 4.05. The highest BCUT2D eigenvalue weighted by Gasteiger charge is 2.11. The fourth-order valence-corrected chi connectivity index (χ4v) is 0.165. The Morgan fingerprint density at radius 1 is 1.67 bits per heavy atom. The summed E-state index contributed by atoms with van der Waals surface area (Å²) < 4.78 is 0. The molecule has 0 fully saturated rings. The molecule has 0 bridgehead atoms. The quantitative estimate of drug-likeness (QED) is 0.219. The number of nitrogens with one attached hydrogen (secondary N) is 1. The summed E-state index contributed by atoms with van der Waals surface area (Å²) in [5.74, 6) is -2.07. The number of hydrogen-bond donors (Lipinski definition) is 3. The van der Waals surface area contributed by atoms with Crippen molar-refractivity contribution >= 4 is 11.7 Å². The van der Waals surface area contributed by atoms with Crippen LogP contribution in [0.2, 0.25) is 0 Å². The molecule has 0 aliphatic carbocycles. The normalized spacial score (nSPS) is 8.11. The van der Waals surface area contributed by atoms with Crippen molar-refractivity contribution in [2.24, 2.45) is 0 Å². The van der Waals surface area contributed by atoms with Gasteiger partial charge < -0.3 is 9.99 Å². The summed E-state index contributed by atoms with van der Waals surface area (Å²) in [4.78, 5) is 13.2. The van der Waals surface area contributed by atoms with E-state index in [9.17, 15) is 4.79 Å². The highest BCUT2D eigenvalue weighted by molar-refractivity contribution is 6.40. The predicted molar refractivity (Wildman–Crippen MR) is 28.2 cm³/mol. The van der Waals surface area contributed by atoms with Crippen LogP contribution in [0.4, 0.5) is 0 Å². The van der Waals surface area contributed by atoms with Crippen LogP contribution >= 0.6 is 0 Å². The van der Waals surface area contributed by atoms with Crippen LogP contribution in [0.3, 0.4) is 0 Å². The van der Waals surface area contributed by atoms with Crippen LogP contribution in [0.1, 0.15) is 0 Å². The molecule has 0 atom stereocenters. The van der Waals surface area contributed by atoms with Gasteiger partial charge in [-0.05, 0) is 6.58 Å². The van der Waals surface area contributed by atoms with Gasteiger partial charge in [0, 0.05) is 0 Å². The van der Waals surface area contributed by atoms with E-state index in [1.807, 2.05) is 0 Å². The molecule has 0 aromatic rings. The van der Waals surface area contributed by atoms with Gasteiger partial charge in [0.2, 0.25) is 0 Å². The summed E-state index contributed by atoms with van der Waals surface area (Å²) in [6.45, 7) is 2.92. The minimum absolute atomic E-state index is 0.581. The van der Waals surface area contributed by atoms with Crippen molar-refractivity contribution in [3.05, 3.63) is 12.3 Å². The van der Waals surface area contributed by atoms with Gasteiger partial charge in [0.1, 0.15) is 0 Å². The van der Waals surface area contributed by atoms with E-state index in [2.05, 4.69) is 11.5 Å². The summed E-state index contributed by atoms with van der Waals surface area (Å²) in [7, 11) is 0. The smallest absolute Gasteiger partial charge is 0.357 e. The average Bonchev–Trinajstić information content (AvgIpc) is 1.84. The molecular weight excluding hydrogens is 126 g/mol. The van der Waals surface area contributed by atoms with Gasteiger partial charge in [0.25, 0.3) is 0 Å². The second-order valence-corrected chi connectivity index (χ2v) is 1.19. The topological polar surface area (TPSA) is 90.6 Å². The molecule has 0 radical (unpaired) electrons. The Morgan fingerprint density at radius 2 is 2.11 bits per heavy atom. The third-order valence-electron chi connectivity index (χ3n) is 0.603. The summed E-state index contributed by atoms with van der Waals surface area (Å²) in [6.07, 6.45) is 0. The van der Waals surface area contributed by atoms with E-state index < -0.39 is 17.4 Å². The van der Waals surface area contributed by atoms with Gasteiger partial charge >= 0.3 is 5.97 Å². The molecule has 0 amide bonds. The molecular formula is C4H5NO4. The zero-order valence-corrected chi connectivity index (χ0v) is 4.42.